The Morgan fingerprint density at radius 1 is 1.21 bits per heavy atom. The molecule has 0 N–H and O–H groups in total. The minimum Gasteiger partial charge on any atom is -0.293 e. The maximum Gasteiger partial charge on any atom is 0.137 e. The monoisotopic (exact) mass is 339 g/mol. The second-order valence-electron chi connectivity index (χ2n) is 6.28. The van der Waals surface area contributed by atoms with Crippen LogP contribution in [0.3, 0.4) is 0 Å². The molecule has 3 aromatic rings. The zero-order valence-corrected chi connectivity index (χ0v) is 14.4. The Labute approximate surface area is 146 Å². The summed E-state index contributed by atoms with van der Waals surface area (Å²) in [5.41, 5.74) is 2.51. The minimum absolute atomic E-state index is 0.533. The fourth-order valence-corrected chi connectivity index (χ4v) is 4.15. The number of aromatic nitrogens is 4. The minimum atomic E-state index is 0.533. The molecule has 124 valence electrons. The zero-order chi connectivity index (χ0) is 16.2. The van der Waals surface area contributed by atoms with E-state index in [1.165, 1.54) is 29.1 Å². The second kappa shape index (κ2) is 7.23. The Kier molecular flexibility index (Phi) is 4.66. The quantitative estimate of drug-likeness (QED) is 0.693. The fourth-order valence-electron chi connectivity index (χ4n) is 3.33. The Morgan fingerprint density at radius 2 is 2.12 bits per heavy atom. The lowest BCUT2D eigenvalue weighted by molar-refractivity contribution is 0.217. The first kappa shape index (κ1) is 15.5. The number of thiazole rings is 1. The van der Waals surface area contributed by atoms with Crippen LogP contribution < -0.4 is 0 Å². The van der Waals surface area contributed by atoms with Crippen molar-refractivity contribution >= 4 is 11.3 Å². The summed E-state index contributed by atoms with van der Waals surface area (Å²) in [5.74, 6) is 0. The molecule has 0 unspecified atom stereocenters. The van der Waals surface area contributed by atoms with Crippen LogP contribution in [0.4, 0.5) is 0 Å². The van der Waals surface area contributed by atoms with E-state index in [4.69, 9.17) is 4.98 Å². The molecular formula is C18H21N5S. The Bertz CT molecular complexity index is 753. The maximum atomic E-state index is 4.84. The smallest absolute Gasteiger partial charge is 0.137 e. The Balaban J connectivity index is 1.38. The van der Waals surface area contributed by atoms with Gasteiger partial charge in [0.05, 0.1) is 17.2 Å². The standard InChI is InChI=1S/C18H21N5S/c1-2-5-15(6-3-1)9-18-21-16(12-24-18)10-22-8-4-7-17(22)11-23-14-19-13-20-23/h1-3,5-6,12-14,17H,4,7-11H2/t17-/m0/s1. The maximum absolute atomic E-state index is 4.84. The second-order valence-corrected chi connectivity index (χ2v) is 7.22. The first-order valence-corrected chi connectivity index (χ1v) is 9.28. The molecule has 0 radical (unpaired) electrons. The average Bonchev–Trinajstić information content (AvgIpc) is 3.34. The van der Waals surface area contributed by atoms with Crippen LogP contribution in [0.25, 0.3) is 0 Å². The predicted octanol–water partition coefficient (Wildman–Crippen LogP) is 2.99. The van der Waals surface area contributed by atoms with E-state index >= 15 is 0 Å². The van der Waals surface area contributed by atoms with Gasteiger partial charge in [-0.25, -0.2) is 9.97 Å². The summed E-state index contributed by atoms with van der Waals surface area (Å²) in [6.07, 6.45) is 6.81. The molecule has 1 aliphatic rings. The van der Waals surface area contributed by atoms with Crippen molar-refractivity contribution in [3.63, 3.8) is 0 Å². The highest BCUT2D eigenvalue weighted by Crippen LogP contribution is 2.22. The molecule has 0 spiro atoms. The van der Waals surface area contributed by atoms with Gasteiger partial charge >= 0.3 is 0 Å². The molecule has 1 aromatic carbocycles. The van der Waals surface area contributed by atoms with Crippen LogP contribution in [0.2, 0.25) is 0 Å². The van der Waals surface area contributed by atoms with Gasteiger partial charge in [0.25, 0.3) is 0 Å². The first-order valence-electron chi connectivity index (χ1n) is 8.40. The number of benzene rings is 1. The Morgan fingerprint density at radius 3 is 2.96 bits per heavy atom. The van der Waals surface area contributed by atoms with Crippen molar-refractivity contribution in [2.45, 2.75) is 38.4 Å². The van der Waals surface area contributed by atoms with Crippen LogP contribution in [0.15, 0.2) is 48.4 Å². The van der Waals surface area contributed by atoms with Gasteiger partial charge in [0.2, 0.25) is 0 Å². The number of rotatable bonds is 6. The number of likely N-dealkylation sites (tertiary alicyclic amines) is 1. The molecule has 2 aromatic heterocycles. The van der Waals surface area contributed by atoms with Crippen LogP contribution in [0.5, 0.6) is 0 Å². The van der Waals surface area contributed by atoms with Gasteiger partial charge in [0.15, 0.2) is 0 Å². The third kappa shape index (κ3) is 3.71. The normalized spacial score (nSPS) is 18.2. The predicted molar refractivity (Wildman–Crippen MR) is 94.8 cm³/mol. The lowest BCUT2D eigenvalue weighted by atomic mass is 10.2. The SMILES string of the molecule is c1ccc(Cc2nc(CN3CCC[C@H]3Cn3cncn3)cs2)cc1. The van der Waals surface area contributed by atoms with E-state index in [1.807, 2.05) is 4.68 Å². The summed E-state index contributed by atoms with van der Waals surface area (Å²) in [6.45, 7) is 3.00. The number of nitrogens with zero attached hydrogens (tertiary/aromatic N) is 5. The van der Waals surface area contributed by atoms with E-state index in [9.17, 15) is 0 Å². The molecule has 1 aliphatic heterocycles. The molecule has 0 saturated carbocycles. The summed E-state index contributed by atoms with van der Waals surface area (Å²) in [7, 11) is 0. The zero-order valence-electron chi connectivity index (χ0n) is 13.6. The van der Waals surface area contributed by atoms with E-state index in [2.05, 4.69) is 50.7 Å². The van der Waals surface area contributed by atoms with E-state index in [-0.39, 0.29) is 0 Å². The summed E-state index contributed by atoms with van der Waals surface area (Å²) in [6, 6.07) is 11.1. The molecule has 5 nitrogen and oxygen atoms in total. The summed E-state index contributed by atoms with van der Waals surface area (Å²) < 4.78 is 1.94. The van der Waals surface area contributed by atoms with Crippen LogP contribution in [-0.2, 0) is 19.5 Å². The number of hydrogen-bond acceptors (Lipinski definition) is 5. The van der Waals surface area contributed by atoms with Crippen molar-refractivity contribution in [1.82, 2.24) is 24.6 Å². The molecule has 3 heterocycles. The van der Waals surface area contributed by atoms with Crippen molar-refractivity contribution in [2.75, 3.05) is 6.54 Å². The third-order valence-corrected chi connectivity index (χ3v) is 5.42. The van der Waals surface area contributed by atoms with Crippen LogP contribution in [0, 0.1) is 0 Å². The Hall–Kier alpha value is -2.05. The molecule has 1 atom stereocenters. The van der Waals surface area contributed by atoms with Gasteiger partial charge in [-0.3, -0.25) is 9.58 Å². The van der Waals surface area contributed by atoms with E-state index < -0.39 is 0 Å². The van der Waals surface area contributed by atoms with E-state index in [0.29, 0.717) is 6.04 Å². The van der Waals surface area contributed by atoms with Gasteiger partial charge in [-0.2, -0.15) is 5.10 Å². The van der Waals surface area contributed by atoms with Gasteiger partial charge in [0.1, 0.15) is 12.7 Å². The summed E-state index contributed by atoms with van der Waals surface area (Å²) >= 11 is 1.77. The molecule has 0 aliphatic carbocycles. The molecule has 0 bridgehead atoms. The van der Waals surface area contributed by atoms with Gasteiger partial charge in [-0.1, -0.05) is 30.3 Å². The van der Waals surface area contributed by atoms with Gasteiger partial charge in [0, 0.05) is 24.4 Å². The molecule has 1 saturated heterocycles. The molecular weight excluding hydrogens is 318 g/mol. The summed E-state index contributed by atoms with van der Waals surface area (Å²) in [4.78, 5) is 11.4. The molecule has 1 fully saturated rings. The lowest BCUT2D eigenvalue weighted by Gasteiger charge is -2.23. The molecule has 6 heteroatoms. The van der Waals surface area contributed by atoms with E-state index in [1.54, 1.807) is 24.0 Å². The van der Waals surface area contributed by atoms with Crippen LogP contribution in [-0.4, -0.2) is 37.2 Å². The molecule has 24 heavy (non-hydrogen) atoms. The van der Waals surface area contributed by atoms with Gasteiger partial charge < -0.3 is 0 Å². The van der Waals surface area contributed by atoms with E-state index in [0.717, 1.165) is 26.1 Å². The fraction of sp³-hybridized carbons (Fsp3) is 0.389. The first-order chi connectivity index (χ1) is 11.9. The largest absolute Gasteiger partial charge is 0.293 e. The van der Waals surface area contributed by atoms with Crippen molar-refractivity contribution in [3.8, 4) is 0 Å². The average molecular weight is 339 g/mol. The molecule has 4 rings (SSSR count). The highest BCUT2D eigenvalue weighted by molar-refractivity contribution is 7.09. The third-order valence-electron chi connectivity index (χ3n) is 4.53. The van der Waals surface area contributed by atoms with Crippen molar-refractivity contribution in [2.24, 2.45) is 0 Å². The van der Waals surface area contributed by atoms with Crippen LogP contribution >= 0.6 is 11.3 Å². The van der Waals surface area contributed by atoms with Crippen molar-refractivity contribution in [1.29, 1.82) is 0 Å². The van der Waals surface area contributed by atoms with Gasteiger partial charge in [-0.15, -0.1) is 11.3 Å². The topological polar surface area (TPSA) is 46.8 Å². The highest BCUT2D eigenvalue weighted by atomic mass is 32.1. The molecule has 0 amide bonds. The number of hydrogen-bond donors (Lipinski definition) is 0. The lowest BCUT2D eigenvalue weighted by Crippen LogP contribution is -2.32. The van der Waals surface area contributed by atoms with Gasteiger partial charge in [-0.05, 0) is 24.9 Å². The van der Waals surface area contributed by atoms with Crippen molar-refractivity contribution < 1.29 is 0 Å². The van der Waals surface area contributed by atoms with Crippen LogP contribution in [0.1, 0.15) is 29.1 Å². The highest BCUT2D eigenvalue weighted by Gasteiger charge is 2.25. The van der Waals surface area contributed by atoms with Crippen molar-refractivity contribution in [3.05, 3.63) is 64.6 Å². The summed E-state index contributed by atoms with van der Waals surface area (Å²) in [5, 5.41) is 7.65.